The maximum atomic E-state index is 13.0. The lowest BCUT2D eigenvalue weighted by molar-refractivity contribution is -0.137. The molecular formula is C23H27F3N6. The fourth-order valence-corrected chi connectivity index (χ4v) is 3.73. The lowest BCUT2D eigenvalue weighted by atomic mass is 10.1. The molecule has 170 valence electrons. The Morgan fingerprint density at radius 2 is 1.72 bits per heavy atom. The van der Waals surface area contributed by atoms with Crippen LogP contribution >= 0.6 is 0 Å². The van der Waals surface area contributed by atoms with Crippen molar-refractivity contribution in [2.45, 2.75) is 12.7 Å². The maximum Gasteiger partial charge on any atom is 0.416 e. The van der Waals surface area contributed by atoms with Gasteiger partial charge in [0, 0.05) is 51.2 Å². The molecule has 2 N–H and O–H groups in total. The second-order valence-corrected chi connectivity index (χ2v) is 8.04. The van der Waals surface area contributed by atoms with Gasteiger partial charge in [-0.3, -0.25) is 4.90 Å². The SMILES string of the molecule is CN1CCN(CCNc2nc(NCc3cccc(C(F)(F)F)c3)nc3ccccc23)CC1. The summed E-state index contributed by atoms with van der Waals surface area (Å²) in [6, 6.07) is 13.0. The first-order chi connectivity index (χ1) is 15.4. The number of piperazine rings is 1. The van der Waals surface area contributed by atoms with Crippen LogP contribution in [-0.4, -0.2) is 66.1 Å². The number of likely N-dealkylation sites (N-methyl/N-ethyl adjacent to an activating group) is 1. The van der Waals surface area contributed by atoms with Gasteiger partial charge in [0.25, 0.3) is 0 Å². The molecule has 0 unspecified atom stereocenters. The van der Waals surface area contributed by atoms with E-state index < -0.39 is 11.7 Å². The lowest BCUT2D eigenvalue weighted by Crippen LogP contribution is -2.45. The molecule has 2 aromatic carbocycles. The molecule has 0 spiro atoms. The molecule has 1 aliphatic heterocycles. The van der Waals surface area contributed by atoms with Crippen LogP contribution in [0, 0.1) is 0 Å². The Kier molecular flexibility index (Phi) is 6.76. The monoisotopic (exact) mass is 444 g/mol. The summed E-state index contributed by atoms with van der Waals surface area (Å²) >= 11 is 0. The van der Waals surface area contributed by atoms with Crippen LogP contribution in [0.2, 0.25) is 0 Å². The van der Waals surface area contributed by atoms with Crippen LogP contribution in [0.5, 0.6) is 0 Å². The molecule has 0 aliphatic carbocycles. The van der Waals surface area contributed by atoms with Gasteiger partial charge in [0.15, 0.2) is 0 Å². The van der Waals surface area contributed by atoms with Crippen LogP contribution in [0.4, 0.5) is 24.9 Å². The molecule has 1 fully saturated rings. The number of nitrogens with zero attached hydrogens (tertiary/aromatic N) is 4. The third-order valence-electron chi connectivity index (χ3n) is 5.62. The molecule has 1 saturated heterocycles. The first kappa shape index (κ1) is 22.3. The molecule has 0 amide bonds. The van der Waals surface area contributed by atoms with Crippen molar-refractivity contribution < 1.29 is 13.2 Å². The summed E-state index contributed by atoms with van der Waals surface area (Å²) in [5.74, 6) is 1.10. The van der Waals surface area contributed by atoms with Gasteiger partial charge in [-0.2, -0.15) is 18.2 Å². The predicted octanol–water partition coefficient (Wildman–Crippen LogP) is 3.92. The number of aromatic nitrogens is 2. The summed E-state index contributed by atoms with van der Waals surface area (Å²) in [5, 5.41) is 7.40. The first-order valence-corrected chi connectivity index (χ1v) is 10.7. The van der Waals surface area contributed by atoms with Crippen molar-refractivity contribution in [3.8, 4) is 0 Å². The standard InChI is InChI=1S/C23H27F3N6/c1-31-11-13-32(14-12-31)10-9-27-21-19-7-2-3-8-20(19)29-22(30-21)28-16-17-5-4-6-18(15-17)23(24,25)26/h2-8,15H,9-14,16H2,1H3,(H2,27,28,29,30). The molecule has 9 heteroatoms. The number of fused-ring (bicyclic) bond motifs is 1. The van der Waals surface area contributed by atoms with Crippen LogP contribution in [0.15, 0.2) is 48.5 Å². The van der Waals surface area contributed by atoms with Crippen LogP contribution in [0.25, 0.3) is 10.9 Å². The van der Waals surface area contributed by atoms with Gasteiger partial charge in [0.2, 0.25) is 5.95 Å². The van der Waals surface area contributed by atoms with Gasteiger partial charge < -0.3 is 15.5 Å². The highest BCUT2D eigenvalue weighted by Crippen LogP contribution is 2.29. The van der Waals surface area contributed by atoms with E-state index in [0.717, 1.165) is 68.1 Å². The summed E-state index contributed by atoms with van der Waals surface area (Å²) in [6.45, 7) is 6.10. The number of benzene rings is 2. The quantitative estimate of drug-likeness (QED) is 0.576. The fourth-order valence-electron chi connectivity index (χ4n) is 3.73. The topological polar surface area (TPSA) is 56.3 Å². The van der Waals surface area contributed by atoms with Gasteiger partial charge >= 0.3 is 6.18 Å². The van der Waals surface area contributed by atoms with Gasteiger partial charge in [-0.25, -0.2) is 4.98 Å². The number of anilines is 2. The van der Waals surface area contributed by atoms with Crippen molar-refractivity contribution in [2.24, 2.45) is 0 Å². The van der Waals surface area contributed by atoms with Gasteiger partial charge in [-0.1, -0.05) is 24.3 Å². The third-order valence-corrected chi connectivity index (χ3v) is 5.62. The molecule has 6 nitrogen and oxygen atoms in total. The van der Waals surface area contributed by atoms with E-state index in [9.17, 15) is 13.2 Å². The van der Waals surface area contributed by atoms with Gasteiger partial charge in [-0.05, 0) is 36.9 Å². The Labute approximate surface area is 185 Å². The van der Waals surface area contributed by atoms with E-state index in [-0.39, 0.29) is 6.54 Å². The number of hydrogen-bond acceptors (Lipinski definition) is 6. The summed E-state index contributed by atoms with van der Waals surface area (Å²) in [7, 11) is 2.14. The zero-order valence-corrected chi connectivity index (χ0v) is 18.0. The molecule has 0 atom stereocenters. The minimum atomic E-state index is -4.36. The Balaban J connectivity index is 1.44. The number of hydrogen-bond donors (Lipinski definition) is 2. The molecule has 2 heterocycles. The molecule has 0 bridgehead atoms. The highest BCUT2D eigenvalue weighted by Gasteiger charge is 2.30. The second-order valence-electron chi connectivity index (χ2n) is 8.04. The Morgan fingerprint density at radius 3 is 2.50 bits per heavy atom. The first-order valence-electron chi connectivity index (χ1n) is 10.7. The van der Waals surface area contributed by atoms with E-state index in [0.29, 0.717) is 11.5 Å². The summed E-state index contributed by atoms with van der Waals surface area (Å²) in [5.41, 5.74) is 0.625. The van der Waals surface area contributed by atoms with Gasteiger partial charge in [0.05, 0.1) is 11.1 Å². The molecule has 1 aliphatic rings. The average molecular weight is 445 g/mol. The molecule has 32 heavy (non-hydrogen) atoms. The molecule has 0 saturated carbocycles. The van der Waals surface area contributed by atoms with Crippen LogP contribution in [-0.2, 0) is 12.7 Å². The Bertz CT molecular complexity index is 1050. The molecule has 4 rings (SSSR count). The Morgan fingerprint density at radius 1 is 0.938 bits per heavy atom. The predicted molar refractivity (Wildman–Crippen MR) is 121 cm³/mol. The zero-order valence-electron chi connectivity index (χ0n) is 18.0. The van der Waals surface area contributed by atoms with Crippen molar-refractivity contribution in [1.29, 1.82) is 0 Å². The fraction of sp³-hybridized carbons (Fsp3) is 0.391. The van der Waals surface area contributed by atoms with E-state index in [1.165, 1.54) is 6.07 Å². The number of nitrogens with one attached hydrogen (secondary N) is 2. The van der Waals surface area contributed by atoms with E-state index in [1.54, 1.807) is 6.07 Å². The molecule has 3 aromatic rings. The Hall–Kier alpha value is -2.91. The third kappa shape index (κ3) is 5.66. The maximum absolute atomic E-state index is 13.0. The van der Waals surface area contributed by atoms with Crippen LogP contribution in [0.3, 0.4) is 0 Å². The van der Waals surface area contributed by atoms with Crippen LogP contribution in [0.1, 0.15) is 11.1 Å². The summed E-state index contributed by atoms with van der Waals surface area (Å²) < 4.78 is 38.9. The highest BCUT2D eigenvalue weighted by molar-refractivity contribution is 5.90. The number of halogens is 3. The largest absolute Gasteiger partial charge is 0.416 e. The van der Waals surface area contributed by atoms with E-state index in [1.807, 2.05) is 24.3 Å². The minimum Gasteiger partial charge on any atom is -0.368 e. The summed E-state index contributed by atoms with van der Waals surface area (Å²) in [4.78, 5) is 13.9. The summed E-state index contributed by atoms with van der Waals surface area (Å²) in [6.07, 6.45) is -4.36. The smallest absolute Gasteiger partial charge is 0.368 e. The van der Waals surface area contributed by atoms with Crippen molar-refractivity contribution >= 4 is 22.7 Å². The normalized spacial score (nSPS) is 15.8. The van der Waals surface area contributed by atoms with Crippen molar-refractivity contribution in [3.05, 3.63) is 59.7 Å². The van der Waals surface area contributed by atoms with Crippen LogP contribution < -0.4 is 10.6 Å². The average Bonchev–Trinajstić information content (AvgIpc) is 2.78. The molecular weight excluding hydrogens is 417 g/mol. The number of alkyl halides is 3. The van der Waals surface area contributed by atoms with Crippen molar-refractivity contribution in [2.75, 3.05) is 56.9 Å². The number of para-hydroxylation sites is 1. The van der Waals surface area contributed by atoms with Gasteiger partial charge in [0.1, 0.15) is 5.82 Å². The van der Waals surface area contributed by atoms with E-state index in [2.05, 4.69) is 37.4 Å². The van der Waals surface area contributed by atoms with E-state index >= 15 is 0 Å². The lowest BCUT2D eigenvalue weighted by Gasteiger charge is -2.32. The zero-order chi connectivity index (χ0) is 22.6. The van der Waals surface area contributed by atoms with Gasteiger partial charge in [-0.15, -0.1) is 0 Å². The highest BCUT2D eigenvalue weighted by atomic mass is 19.4. The molecule has 0 radical (unpaired) electrons. The second kappa shape index (κ2) is 9.70. The minimum absolute atomic E-state index is 0.197. The number of rotatable bonds is 7. The van der Waals surface area contributed by atoms with Crippen molar-refractivity contribution in [1.82, 2.24) is 19.8 Å². The van der Waals surface area contributed by atoms with Crippen molar-refractivity contribution in [3.63, 3.8) is 0 Å². The molecule has 1 aromatic heterocycles. The van der Waals surface area contributed by atoms with E-state index in [4.69, 9.17) is 0 Å².